The van der Waals surface area contributed by atoms with Gasteiger partial charge in [0.15, 0.2) is 0 Å². The maximum atomic E-state index is 8.71. The molecule has 0 radical (unpaired) electrons. The van der Waals surface area contributed by atoms with Crippen molar-refractivity contribution in [2.45, 2.75) is 0 Å². The van der Waals surface area contributed by atoms with Crippen LogP contribution in [-0.4, -0.2) is 16.0 Å². The summed E-state index contributed by atoms with van der Waals surface area (Å²) in [6.07, 6.45) is 1.20. The van der Waals surface area contributed by atoms with Crippen molar-refractivity contribution in [3.05, 3.63) is 35.4 Å². The molecule has 1 aromatic carbocycles. The molecule has 1 aromatic rings. The summed E-state index contributed by atoms with van der Waals surface area (Å²) in [5.41, 5.74) is 0.928. The smallest absolute Gasteiger partial charge is 0.314 e. The molecule has 0 aliphatic rings. The van der Waals surface area contributed by atoms with E-state index < -0.39 is 6.72 Å². The molecule has 1 rings (SSSR count). The average Bonchev–Trinajstić information content (AvgIpc) is 2.16. The van der Waals surface area contributed by atoms with Crippen LogP contribution in [0.1, 0.15) is 11.1 Å². The number of nitriles is 1. The van der Waals surface area contributed by atoms with Gasteiger partial charge in [0.05, 0.1) is 17.8 Å². The van der Waals surface area contributed by atoms with Gasteiger partial charge in [0.2, 0.25) is 0 Å². The van der Waals surface area contributed by atoms with Crippen molar-refractivity contribution in [2.75, 3.05) is 0 Å². The molecule has 0 spiro atoms. The van der Waals surface area contributed by atoms with Crippen LogP contribution >= 0.6 is 6.72 Å². The molecule has 15 heavy (non-hydrogen) atoms. The average molecular weight is 242 g/mol. The van der Waals surface area contributed by atoms with Crippen LogP contribution in [0.3, 0.4) is 0 Å². The van der Waals surface area contributed by atoms with Gasteiger partial charge in [-0.2, -0.15) is 5.26 Å². The molecule has 5 nitrogen and oxygen atoms in total. The van der Waals surface area contributed by atoms with E-state index in [-0.39, 0.29) is 0 Å². The number of nitrogens with zero attached hydrogens (tertiary/aromatic N) is 2. The van der Waals surface area contributed by atoms with E-state index in [0.29, 0.717) is 11.1 Å². The van der Waals surface area contributed by atoms with Crippen molar-refractivity contribution in [1.29, 1.82) is 5.26 Å². The largest absolute Gasteiger partial charge is 0.396 e. The number of rotatable bonds is 3. The summed E-state index contributed by atoms with van der Waals surface area (Å²) in [7, 11) is 0. The van der Waals surface area contributed by atoms with Crippen LogP contribution in [0, 0.1) is 11.3 Å². The molecular formula is C8H7N2O3PS. The van der Waals surface area contributed by atoms with Gasteiger partial charge in [0.1, 0.15) is 0 Å². The number of hydrogen-bond donors (Lipinski definition) is 2. The van der Waals surface area contributed by atoms with Crippen LogP contribution in [0.2, 0.25) is 0 Å². The van der Waals surface area contributed by atoms with Gasteiger partial charge in [0.25, 0.3) is 0 Å². The van der Waals surface area contributed by atoms with Crippen molar-refractivity contribution in [3.8, 4) is 6.07 Å². The third-order valence-electron chi connectivity index (χ3n) is 1.43. The Morgan fingerprint density at radius 2 is 2.13 bits per heavy atom. The highest BCUT2D eigenvalue weighted by atomic mass is 32.5. The standard InChI is InChI=1S/C8H7N2O3PS/c9-5-7-3-1-2-4-8(7)6-10-13-14(11,12)15/h1-4,6H,(H2,11,12,15)/b10-6+. The van der Waals surface area contributed by atoms with Gasteiger partial charge in [-0.1, -0.05) is 23.4 Å². The van der Waals surface area contributed by atoms with Gasteiger partial charge >= 0.3 is 6.72 Å². The summed E-state index contributed by atoms with van der Waals surface area (Å²) >= 11 is 4.18. The summed E-state index contributed by atoms with van der Waals surface area (Å²) in [6, 6.07) is 8.63. The molecule has 2 N–H and O–H groups in total. The predicted octanol–water partition coefficient (Wildman–Crippen LogP) is 1.12. The monoisotopic (exact) mass is 242 g/mol. The lowest BCUT2D eigenvalue weighted by atomic mass is 10.1. The van der Waals surface area contributed by atoms with E-state index >= 15 is 0 Å². The van der Waals surface area contributed by atoms with Gasteiger partial charge in [-0.05, 0) is 6.07 Å². The molecule has 0 bridgehead atoms. The molecule has 0 unspecified atom stereocenters. The predicted molar refractivity (Wildman–Crippen MR) is 58.6 cm³/mol. The van der Waals surface area contributed by atoms with E-state index in [0.717, 1.165) is 0 Å². The first-order chi connectivity index (χ1) is 7.03. The summed E-state index contributed by atoms with van der Waals surface area (Å²) in [5.74, 6) is 0. The zero-order valence-corrected chi connectivity index (χ0v) is 9.15. The van der Waals surface area contributed by atoms with Gasteiger partial charge in [-0.15, -0.1) is 0 Å². The first-order valence-corrected chi connectivity index (χ1v) is 6.42. The van der Waals surface area contributed by atoms with E-state index in [2.05, 4.69) is 21.6 Å². The minimum atomic E-state index is -3.77. The van der Waals surface area contributed by atoms with E-state index in [4.69, 9.17) is 15.0 Å². The summed E-state index contributed by atoms with van der Waals surface area (Å²) in [4.78, 5) is 17.4. The number of oxime groups is 1. The first-order valence-electron chi connectivity index (χ1n) is 3.80. The van der Waals surface area contributed by atoms with E-state index in [1.54, 1.807) is 24.3 Å². The second-order valence-corrected chi connectivity index (χ2v) is 5.08. The summed E-state index contributed by atoms with van der Waals surface area (Å²) in [5, 5.41) is 12.0. The Balaban J connectivity index is 2.82. The maximum Gasteiger partial charge on any atom is 0.396 e. The Kier molecular flexibility index (Phi) is 3.95. The molecule has 0 atom stereocenters. The minimum Gasteiger partial charge on any atom is -0.314 e. The normalized spacial score (nSPS) is 11.3. The topological polar surface area (TPSA) is 85.8 Å². The van der Waals surface area contributed by atoms with E-state index in [1.807, 2.05) is 6.07 Å². The zero-order chi connectivity index (χ0) is 11.3. The van der Waals surface area contributed by atoms with Crippen LogP contribution in [0.25, 0.3) is 0 Å². The Morgan fingerprint density at radius 1 is 1.47 bits per heavy atom. The van der Waals surface area contributed by atoms with Crippen LogP contribution < -0.4 is 0 Å². The molecule has 0 aromatic heterocycles. The van der Waals surface area contributed by atoms with Crippen molar-refractivity contribution < 1.29 is 14.4 Å². The van der Waals surface area contributed by atoms with E-state index in [1.165, 1.54) is 6.21 Å². The second-order valence-electron chi connectivity index (χ2n) is 2.51. The third kappa shape index (κ3) is 4.19. The van der Waals surface area contributed by atoms with Gasteiger partial charge in [-0.25, -0.2) is 0 Å². The molecule has 78 valence electrons. The van der Waals surface area contributed by atoms with E-state index in [9.17, 15) is 0 Å². The van der Waals surface area contributed by atoms with Crippen LogP contribution in [0.5, 0.6) is 0 Å². The molecule has 0 heterocycles. The van der Waals surface area contributed by atoms with Crippen LogP contribution in [0.15, 0.2) is 29.4 Å². The number of benzene rings is 1. The zero-order valence-electron chi connectivity index (χ0n) is 7.44. The second kappa shape index (κ2) is 5.01. The van der Waals surface area contributed by atoms with Gasteiger partial charge in [-0.3, -0.25) is 0 Å². The molecule has 7 heteroatoms. The lowest BCUT2D eigenvalue weighted by Gasteiger charge is -2.02. The Bertz CT molecular complexity index is 463. The molecule has 0 amide bonds. The fraction of sp³-hybridized carbons (Fsp3) is 0. The van der Waals surface area contributed by atoms with Crippen molar-refractivity contribution in [2.24, 2.45) is 5.16 Å². The Hall–Kier alpha value is -1.25. The summed E-state index contributed by atoms with van der Waals surface area (Å²) in [6.45, 7) is -3.77. The quantitative estimate of drug-likeness (QED) is 0.471. The van der Waals surface area contributed by atoms with Crippen LogP contribution in [0.4, 0.5) is 0 Å². The summed E-state index contributed by atoms with van der Waals surface area (Å²) < 4.78 is 4.23. The molecule has 0 aliphatic heterocycles. The SMILES string of the molecule is N#Cc1ccccc1/C=N/OP(O)(O)=S. The van der Waals surface area contributed by atoms with Gasteiger partial charge in [0, 0.05) is 17.4 Å². The fourth-order valence-corrected chi connectivity index (χ4v) is 1.14. The highest BCUT2D eigenvalue weighted by Crippen LogP contribution is 2.36. The Morgan fingerprint density at radius 3 is 2.73 bits per heavy atom. The van der Waals surface area contributed by atoms with Crippen molar-refractivity contribution in [1.82, 2.24) is 0 Å². The molecule has 0 saturated carbocycles. The minimum absolute atomic E-state index is 0.411. The third-order valence-corrected chi connectivity index (χ3v) is 1.93. The van der Waals surface area contributed by atoms with Crippen molar-refractivity contribution in [3.63, 3.8) is 0 Å². The van der Waals surface area contributed by atoms with Crippen LogP contribution in [-0.2, 0) is 16.4 Å². The molecule has 0 aliphatic carbocycles. The lowest BCUT2D eigenvalue weighted by Crippen LogP contribution is -1.88. The lowest BCUT2D eigenvalue weighted by molar-refractivity contribution is 0.266. The Labute approximate surface area is 91.5 Å². The maximum absolute atomic E-state index is 8.71. The first kappa shape index (κ1) is 11.8. The highest BCUT2D eigenvalue weighted by molar-refractivity contribution is 8.06. The fourth-order valence-electron chi connectivity index (χ4n) is 0.853. The molecule has 0 saturated heterocycles. The van der Waals surface area contributed by atoms with Crippen molar-refractivity contribution >= 4 is 24.7 Å². The molecular weight excluding hydrogens is 235 g/mol. The molecule has 0 fully saturated rings. The highest BCUT2D eigenvalue weighted by Gasteiger charge is 2.06. The van der Waals surface area contributed by atoms with Gasteiger partial charge < -0.3 is 14.4 Å². The number of hydrogen-bond acceptors (Lipinski definition) is 4.